The quantitative estimate of drug-likeness (QED) is 0.0271. The molecule has 0 aliphatic carbocycles. The standard InChI is InChI=1S/C58H96N16O22/c1-25(2)20-33(45(61)83)67-53(91)38-12-10-18-73(38)57(95)36(23-76)70-47(85)29(8)62-49(87)32(15-17-41(79)80)66-51(89)34(21-42(81)82)68-50(88)31(14-16-40(59)78)65-46(84)28(7)63-52(90)35(22-75)69-54(92)39-13-11-19-74(39)58(96)37(24-77)71-48(86)30(9)64-56(94)44(27(5)6)72-55(93)43(60)26(3)4/h25-39,43-44,75-77H,10-24,60H2,1-9H3,(H2,59,78)(H2,61,83)(H,62,87)(H,63,90)(H,64,94)(H,65,84)(H,66,89)(H,67,91)(H,68,88)(H,69,92)(H,70,85)(H,71,86)(H,72,93)(H,79,80)(H,81,82)/t28-,29-,30-,31-,32-,33-,34-,35-,36-,37-,38-,39-,43-,44-/m0/s1. The van der Waals surface area contributed by atoms with Gasteiger partial charge in [-0.1, -0.05) is 41.5 Å². The molecule has 0 spiro atoms. The van der Waals surface area contributed by atoms with Crippen molar-refractivity contribution in [3.63, 3.8) is 0 Å². The molecule has 540 valence electrons. The van der Waals surface area contributed by atoms with E-state index in [1.807, 2.05) is 0 Å². The first-order chi connectivity index (χ1) is 44.8. The van der Waals surface area contributed by atoms with Crippen molar-refractivity contribution >= 4 is 101 Å². The minimum Gasteiger partial charge on any atom is -0.481 e. The number of hydrogen-bond acceptors (Lipinski definition) is 21. The summed E-state index contributed by atoms with van der Waals surface area (Å²) in [6.07, 6.45) is -3.12. The van der Waals surface area contributed by atoms with E-state index in [9.17, 15) is 107 Å². The van der Waals surface area contributed by atoms with Crippen LogP contribution in [0.1, 0.15) is 127 Å². The number of carbonyl (C=O) groups is 17. The van der Waals surface area contributed by atoms with Crippen LogP contribution in [-0.4, -0.2) is 253 Å². The molecular formula is C58H96N16O22. The first-order valence-electron chi connectivity index (χ1n) is 31.3. The van der Waals surface area contributed by atoms with Gasteiger partial charge in [0.1, 0.15) is 78.5 Å². The average Bonchev–Trinajstić information content (AvgIpc) is 1.65. The summed E-state index contributed by atoms with van der Waals surface area (Å²) in [4.78, 5) is 225. The lowest BCUT2D eigenvalue weighted by Crippen LogP contribution is -2.61. The third-order valence-electron chi connectivity index (χ3n) is 15.6. The molecule has 2 rings (SSSR count). The van der Waals surface area contributed by atoms with E-state index < -0.39 is 243 Å². The fourth-order valence-corrected chi connectivity index (χ4v) is 9.95. The number of carbonyl (C=O) groups excluding carboxylic acids is 15. The number of aliphatic hydroxyl groups excluding tert-OH is 3. The maximum absolute atomic E-state index is 13.9. The topological polar surface area (TPSA) is 608 Å². The Labute approximate surface area is 553 Å². The molecule has 0 bridgehead atoms. The van der Waals surface area contributed by atoms with Crippen molar-refractivity contribution in [3.8, 4) is 0 Å². The second kappa shape index (κ2) is 39.6. The molecule has 96 heavy (non-hydrogen) atoms. The van der Waals surface area contributed by atoms with Crippen LogP contribution in [0.5, 0.6) is 0 Å². The van der Waals surface area contributed by atoms with E-state index in [0.29, 0.717) is 6.42 Å². The van der Waals surface area contributed by atoms with Crippen LogP contribution in [0.2, 0.25) is 0 Å². The predicted octanol–water partition coefficient (Wildman–Crippen LogP) is -8.89. The molecule has 22 N–H and O–H groups in total. The number of nitrogens with zero attached hydrogens (tertiary/aromatic N) is 2. The normalized spacial score (nSPS) is 18.2. The van der Waals surface area contributed by atoms with Gasteiger partial charge in [0.2, 0.25) is 88.6 Å². The van der Waals surface area contributed by atoms with Gasteiger partial charge in [0.15, 0.2) is 0 Å². The first kappa shape index (κ1) is 82.9. The van der Waals surface area contributed by atoms with Gasteiger partial charge < -0.3 is 111 Å². The van der Waals surface area contributed by atoms with E-state index in [4.69, 9.17) is 17.2 Å². The van der Waals surface area contributed by atoms with E-state index >= 15 is 0 Å². The Morgan fingerprint density at radius 1 is 0.417 bits per heavy atom. The van der Waals surface area contributed by atoms with Crippen LogP contribution in [-0.2, 0) is 81.5 Å². The maximum Gasteiger partial charge on any atom is 0.305 e. The van der Waals surface area contributed by atoms with Gasteiger partial charge in [-0.15, -0.1) is 0 Å². The third-order valence-corrected chi connectivity index (χ3v) is 15.6. The molecule has 0 saturated carbocycles. The molecule has 38 nitrogen and oxygen atoms in total. The number of aliphatic carboxylic acids is 2. The van der Waals surface area contributed by atoms with Gasteiger partial charge in [-0.25, -0.2) is 0 Å². The molecule has 0 aromatic carbocycles. The number of primary amides is 2. The first-order valence-corrected chi connectivity index (χ1v) is 31.3. The third kappa shape index (κ3) is 26.2. The highest BCUT2D eigenvalue weighted by molar-refractivity contribution is 6.01. The van der Waals surface area contributed by atoms with Gasteiger partial charge in [-0.3, -0.25) is 81.5 Å². The molecule has 2 aliphatic heterocycles. The number of hydrogen-bond donors (Lipinski definition) is 19. The lowest BCUT2D eigenvalue weighted by molar-refractivity contribution is -0.143. The summed E-state index contributed by atoms with van der Waals surface area (Å²) in [5.41, 5.74) is 16.7. The number of nitrogens with two attached hydrogens (primary N) is 3. The van der Waals surface area contributed by atoms with Crippen LogP contribution in [0.4, 0.5) is 0 Å². The highest BCUT2D eigenvalue weighted by Gasteiger charge is 2.42. The number of nitrogens with one attached hydrogen (secondary N) is 11. The molecule has 38 heteroatoms. The SMILES string of the molecule is CC(C)C[C@H](NC(=O)[C@@H]1CCCN1C(=O)[C@H](CO)NC(=O)[C@H](C)NC(=O)[C@H](CCC(=O)O)NC(=O)[C@H](CC(=O)O)NC(=O)[C@H](CCC(N)=O)NC(=O)[C@H](C)NC(=O)[C@H](CO)NC(=O)[C@@H]1CCCN1C(=O)[C@H](CO)NC(=O)[C@H](C)NC(=O)[C@@H](NC(=O)[C@@H](N)C(C)C)C(C)C)C(N)=O. The lowest BCUT2D eigenvalue weighted by Gasteiger charge is -2.30. The second-order valence-corrected chi connectivity index (χ2v) is 24.6. The molecule has 2 heterocycles. The highest BCUT2D eigenvalue weighted by atomic mass is 16.4. The summed E-state index contributed by atoms with van der Waals surface area (Å²) in [6.45, 7) is 10.6. The zero-order valence-corrected chi connectivity index (χ0v) is 55.2. The Bertz CT molecular complexity index is 2840. The Hall–Kier alpha value is -9.17. The van der Waals surface area contributed by atoms with Crippen molar-refractivity contribution in [2.75, 3.05) is 32.9 Å². The minimum absolute atomic E-state index is 0.00518. The van der Waals surface area contributed by atoms with E-state index in [-0.39, 0.29) is 50.6 Å². The summed E-state index contributed by atoms with van der Waals surface area (Å²) in [6, 6.07) is -21.2. The average molecular weight is 1370 g/mol. The summed E-state index contributed by atoms with van der Waals surface area (Å²) >= 11 is 0. The molecule has 2 saturated heterocycles. The van der Waals surface area contributed by atoms with Gasteiger partial charge in [0.25, 0.3) is 0 Å². The summed E-state index contributed by atoms with van der Waals surface area (Å²) in [7, 11) is 0. The zero-order valence-electron chi connectivity index (χ0n) is 55.2. The van der Waals surface area contributed by atoms with Gasteiger partial charge in [-0.2, -0.15) is 0 Å². The van der Waals surface area contributed by atoms with Crippen molar-refractivity contribution < 1.29 is 107 Å². The summed E-state index contributed by atoms with van der Waals surface area (Å²) in [5.74, 6) is -19.1. The number of rotatable bonds is 40. The lowest BCUT2D eigenvalue weighted by atomic mass is 10.00. The molecule has 14 atom stereocenters. The fourth-order valence-electron chi connectivity index (χ4n) is 9.95. The van der Waals surface area contributed by atoms with Crippen molar-refractivity contribution in [2.45, 2.75) is 211 Å². The molecule has 0 aromatic heterocycles. The van der Waals surface area contributed by atoms with E-state index in [1.54, 1.807) is 41.5 Å². The van der Waals surface area contributed by atoms with Crippen LogP contribution < -0.4 is 75.7 Å². The van der Waals surface area contributed by atoms with Crippen molar-refractivity contribution in [2.24, 2.45) is 35.0 Å². The molecule has 0 unspecified atom stereocenters. The number of carboxylic acids is 2. The number of likely N-dealkylation sites (tertiary alicyclic amines) is 2. The van der Waals surface area contributed by atoms with Crippen LogP contribution in [0.15, 0.2) is 0 Å². The molecule has 0 aromatic rings. The summed E-state index contributed by atoms with van der Waals surface area (Å²) in [5, 5.41) is 75.1. The van der Waals surface area contributed by atoms with Gasteiger partial charge >= 0.3 is 11.9 Å². The Balaban J connectivity index is 2.20. The van der Waals surface area contributed by atoms with Crippen molar-refractivity contribution in [3.05, 3.63) is 0 Å². The Kier molecular flexibility index (Phi) is 34.2. The highest BCUT2D eigenvalue weighted by Crippen LogP contribution is 2.21. The number of aliphatic hydroxyl groups is 3. The van der Waals surface area contributed by atoms with Crippen LogP contribution in [0, 0.1) is 17.8 Å². The van der Waals surface area contributed by atoms with E-state index in [1.165, 1.54) is 6.92 Å². The van der Waals surface area contributed by atoms with Crippen LogP contribution in [0.25, 0.3) is 0 Å². The predicted molar refractivity (Wildman–Crippen MR) is 333 cm³/mol. The second-order valence-electron chi connectivity index (χ2n) is 24.6. The largest absolute Gasteiger partial charge is 0.481 e. The molecular weight excluding hydrogens is 1270 g/mol. The monoisotopic (exact) mass is 1370 g/mol. The van der Waals surface area contributed by atoms with Crippen LogP contribution >= 0.6 is 0 Å². The molecule has 0 radical (unpaired) electrons. The van der Waals surface area contributed by atoms with E-state index in [0.717, 1.165) is 23.6 Å². The van der Waals surface area contributed by atoms with Crippen LogP contribution in [0.3, 0.4) is 0 Å². The number of amides is 15. The minimum atomic E-state index is -2.14. The van der Waals surface area contributed by atoms with Crippen molar-refractivity contribution in [1.82, 2.24) is 68.3 Å². The van der Waals surface area contributed by atoms with E-state index in [2.05, 4.69) is 58.5 Å². The summed E-state index contributed by atoms with van der Waals surface area (Å²) < 4.78 is 0. The Morgan fingerprint density at radius 2 is 0.792 bits per heavy atom. The van der Waals surface area contributed by atoms with Crippen molar-refractivity contribution in [1.29, 1.82) is 0 Å². The smallest absolute Gasteiger partial charge is 0.305 e. The molecule has 2 aliphatic rings. The van der Waals surface area contributed by atoms with Gasteiger partial charge in [-0.05, 0) is 83.5 Å². The molecule has 15 amide bonds. The fraction of sp³-hybridized carbons (Fsp3) is 0.707. The number of carboxylic acid groups (broad SMARTS) is 2. The Morgan fingerprint density at radius 3 is 1.18 bits per heavy atom. The zero-order chi connectivity index (χ0) is 73.2. The maximum atomic E-state index is 13.9. The van der Waals surface area contributed by atoms with Gasteiger partial charge in [0, 0.05) is 25.9 Å². The van der Waals surface area contributed by atoms with Gasteiger partial charge in [0.05, 0.1) is 32.3 Å². The molecule has 2 fully saturated rings.